The van der Waals surface area contributed by atoms with Crippen LogP contribution in [0.5, 0.6) is 11.5 Å². The van der Waals surface area contributed by atoms with E-state index in [2.05, 4.69) is 24.0 Å². The highest BCUT2D eigenvalue weighted by molar-refractivity contribution is 7.99. The molecule has 1 aliphatic heterocycles. The zero-order valence-electron chi connectivity index (χ0n) is 20.5. The van der Waals surface area contributed by atoms with Crippen molar-refractivity contribution in [2.45, 2.75) is 56.9 Å². The number of nitrogens with zero attached hydrogens (tertiary/aromatic N) is 2. The van der Waals surface area contributed by atoms with Crippen molar-refractivity contribution in [3.8, 4) is 11.5 Å². The number of para-hydroxylation sites is 1. The van der Waals surface area contributed by atoms with E-state index in [-0.39, 0.29) is 11.9 Å². The van der Waals surface area contributed by atoms with Gasteiger partial charge in [0.1, 0.15) is 11.5 Å². The lowest BCUT2D eigenvalue weighted by Gasteiger charge is -2.38. The Morgan fingerprint density at radius 2 is 1.76 bits per heavy atom. The van der Waals surface area contributed by atoms with Crippen LogP contribution >= 0.6 is 11.8 Å². The predicted molar refractivity (Wildman–Crippen MR) is 138 cm³/mol. The first-order chi connectivity index (χ1) is 16.1. The molecule has 0 N–H and O–H groups in total. The van der Waals surface area contributed by atoms with Crippen LogP contribution in [0.15, 0.2) is 47.4 Å². The highest BCUT2D eigenvalue weighted by atomic mass is 32.2. The fourth-order valence-corrected chi connectivity index (χ4v) is 5.35. The summed E-state index contributed by atoms with van der Waals surface area (Å²) in [6.45, 7) is 7.09. The molecule has 1 fully saturated rings. The maximum atomic E-state index is 12.7. The van der Waals surface area contributed by atoms with Crippen LogP contribution in [-0.2, 0) is 11.2 Å². The van der Waals surface area contributed by atoms with Crippen LogP contribution in [0.25, 0.3) is 0 Å². The highest BCUT2D eigenvalue weighted by Crippen LogP contribution is 2.36. The molecule has 33 heavy (non-hydrogen) atoms. The zero-order chi connectivity index (χ0) is 23.6. The number of benzene rings is 2. The molecule has 2 aromatic carbocycles. The third-order valence-corrected chi connectivity index (χ3v) is 7.50. The van der Waals surface area contributed by atoms with Gasteiger partial charge >= 0.3 is 0 Å². The molecule has 0 aliphatic carbocycles. The molecule has 1 saturated heterocycles. The Labute approximate surface area is 203 Å². The van der Waals surface area contributed by atoms with Crippen molar-refractivity contribution in [2.75, 3.05) is 44.5 Å². The topological polar surface area (TPSA) is 42.0 Å². The largest absolute Gasteiger partial charge is 0.496 e. The van der Waals surface area contributed by atoms with Gasteiger partial charge in [0.2, 0.25) is 5.91 Å². The van der Waals surface area contributed by atoms with Gasteiger partial charge in [-0.15, -0.1) is 11.8 Å². The normalized spacial score (nSPS) is 14.8. The quantitative estimate of drug-likeness (QED) is 0.397. The van der Waals surface area contributed by atoms with Crippen LogP contribution in [0.1, 0.15) is 45.1 Å². The summed E-state index contributed by atoms with van der Waals surface area (Å²) < 4.78 is 11.4. The number of piperidine rings is 1. The Morgan fingerprint density at radius 1 is 1.06 bits per heavy atom. The molecule has 180 valence electrons. The van der Waals surface area contributed by atoms with Gasteiger partial charge < -0.3 is 19.3 Å². The Morgan fingerprint density at radius 3 is 2.36 bits per heavy atom. The number of ether oxygens (including phenoxy) is 2. The van der Waals surface area contributed by atoms with E-state index in [1.807, 2.05) is 53.9 Å². The molecule has 1 aliphatic rings. The van der Waals surface area contributed by atoms with Crippen molar-refractivity contribution in [3.05, 3.63) is 48.0 Å². The maximum Gasteiger partial charge on any atom is 0.226 e. The Kier molecular flexibility index (Phi) is 9.95. The number of carbonyl (C=O) groups excluding carboxylic acids is 1. The molecule has 1 heterocycles. The lowest BCUT2D eigenvalue weighted by Crippen LogP contribution is -2.47. The summed E-state index contributed by atoms with van der Waals surface area (Å²) in [5.74, 6) is 3.14. The van der Waals surface area contributed by atoms with Crippen LogP contribution in [0.3, 0.4) is 0 Å². The summed E-state index contributed by atoms with van der Waals surface area (Å²) in [5.41, 5.74) is 2.20. The van der Waals surface area contributed by atoms with Crippen molar-refractivity contribution in [1.29, 1.82) is 0 Å². The highest BCUT2D eigenvalue weighted by Gasteiger charge is 2.28. The maximum absolute atomic E-state index is 12.7. The number of methoxy groups -OCH3 is 2. The summed E-state index contributed by atoms with van der Waals surface area (Å²) in [6.07, 6.45) is 4.56. The summed E-state index contributed by atoms with van der Waals surface area (Å²) in [7, 11) is 3.48. The van der Waals surface area contributed by atoms with Crippen LogP contribution in [-0.4, -0.2) is 56.5 Å². The van der Waals surface area contributed by atoms with Gasteiger partial charge in [0, 0.05) is 37.8 Å². The van der Waals surface area contributed by atoms with Gasteiger partial charge in [-0.05, 0) is 61.3 Å². The molecule has 0 radical (unpaired) electrons. The van der Waals surface area contributed by atoms with Gasteiger partial charge in [0.25, 0.3) is 0 Å². The van der Waals surface area contributed by atoms with E-state index < -0.39 is 0 Å². The van der Waals surface area contributed by atoms with Crippen LogP contribution < -0.4 is 14.4 Å². The summed E-state index contributed by atoms with van der Waals surface area (Å²) >= 11 is 1.81. The minimum atomic E-state index is 0.206. The Bertz CT molecular complexity index is 882. The molecule has 5 nitrogen and oxygen atoms in total. The van der Waals surface area contributed by atoms with Crippen molar-refractivity contribution in [2.24, 2.45) is 0 Å². The molecule has 2 aromatic rings. The minimum absolute atomic E-state index is 0.206. The van der Waals surface area contributed by atoms with Gasteiger partial charge in [0.05, 0.1) is 19.1 Å². The number of rotatable bonds is 11. The minimum Gasteiger partial charge on any atom is -0.496 e. The molecule has 0 saturated carbocycles. The van der Waals surface area contributed by atoms with E-state index >= 15 is 0 Å². The zero-order valence-corrected chi connectivity index (χ0v) is 21.3. The smallest absolute Gasteiger partial charge is 0.226 e. The second-order valence-corrected chi connectivity index (χ2v) is 9.58. The number of amides is 1. The fraction of sp³-hybridized carbons (Fsp3) is 0.519. The third-order valence-electron chi connectivity index (χ3n) is 6.25. The molecule has 0 atom stereocenters. The van der Waals surface area contributed by atoms with Gasteiger partial charge in [0.15, 0.2) is 0 Å². The first-order valence-corrected chi connectivity index (χ1v) is 13.1. The molecule has 0 spiro atoms. The molecular weight excluding hydrogens is 432 g/mol. The molecule has 0 bridgehead atoms. The first-order valence-electron chi connectivity index (χ1n) is 12.1. The van der Waals surface area contributed by atoms with E-state index in [1.165, 1.54) is 5.56 Å². The summed E-state index contributed by atoms with van der Waals surface area (Å²) in [6, 6.07) is 14.6. The lowest BCUT2D eigenvalue weighted by atomic mass is 10.0. The second-order valence-electron chi connectivity index (χ2n) is 8.44. The fourth-order valence-electron chi connectivity index (χ4n) is 4.45. The number of thioether (sulfide) groups is 1. The first kappa shape index (κ1) is 25.4. The van der Waals surface area contributed by atoms with Crippen molar-refractivity contribution in [1.82, 2.24) is 4.90 Å². The monoisotopic (exact) mass is 470 g/mol. The van der Waals surface area contributed by atoms with E-state index in [1.54, 1.807) is 14.2 Å². The number of anilines is 1. The SMILES string of the molecule is CCCSc1cc(OC)c(CCN2CCC(N(C(=O)CC)c3ccccc3)CC2)cc1OC. The third kappa shape index (κ3) is 6.67. The van der Waals surface area contributed by atoms with Crippen molar-refractivity contribution >= 4 is 23.4 Å². The number of hydrogen-bond acceptors (Lipinski definition) is 5. The van der Waals surface area contributed by atoms with Gasteiger partial charge in [-0.3, -0.25) is 4.79 Å². The van der Waals surface area contributed by atoms with Crippen LogP contribution in [0.4, 0.5) is 5.69 Å². The number of likely N-dealkylation sites (tertiary alicyclic amines) is 1. The van der Waals surface area contributed by atoms with Gasteiger partial charge in [-0.1, -0.05) is 32.0 Å². The average molecular weight is 471 g/mol. The molecule has 0 aromatic heterocycles. The molecule has 3 rings (SSSR count). The van der Waals surface area contributed by atoms with Crippen LogP contribution in [0, 0.1) is 0 Å². The van der Waals surface area contributed by atoms with Crippen LogP contribution in [0.2, 0.25) is 0 Å². The average Bonchev–Trinajstić information content (AvgIpc) is 2.87. The van der Waals surface area contributed by atoms with Crippen molar-refractivity contribution in [3.63, 3.8) is 0 Å². The molecular formula is C27H38N2O3S. The number of hydrogen-bond donors (Lipinski definition) is 0. The number of carbonyl (C=O) groups is 1. The van der Waals surface area contributed by atoms with Gasteiger partial charge in [-0.25, -0.2) is 0 Å². The van der Waals surface area contributed by atoms with E-state index in [0.29, 0.717) is 6.42 Å². The Balaban J connectivity index is 1.61. The molecule has 6 heteroatoms. The van der Waals surface area contributed by atoms with E-state index in [9.17, 15) is 4.79 Å². The van der Waals surface area contributed by atoms with E-state index in [4.69, 9.17) is 9.47 Å². The summed E-state index contributed by atoms with van der Waals surface area (Å²) in [4.78, 5) is 18.4. The lowest BCUT2D eigenvalue weighted by molar-refractivity contribution is -0.119. The Hall–Kier alpha value is -2.18. The molecule has 1 amide bonds. The van der Waals surface area contributed by atoms with Crippen molar-refractivity contribution < 1.29 is 14.3 Å². The van der Waals surface area contributed by atoms with E-state index in [0.717, 1.165) is 73.2 Å². The predicted octanol–water partition coefficient (Wildman–Crippen LogP) is 5.66. The second kappa shape index (κ2) is 12.9. The standard InChI is InChI=1S/C27H38N2O3S/c1-5-18-33-26-20-24(31-3)21(19-25(26)32-4)12-15-28-16-13-23(14-17-28)29(27(30)6-2)22-10-8-7-9-11-22/h7-11,19-20,23H,5-6,12-18H2,1-4H3. The summed E-state index contributed by atoms with van der Waals surface area (Å²) in [5, 5.41) is 0. The molecule has 0 unspecified atom stereocenters. The van der Waals surface area contributed by atoms with Gasteiger partial charge in [-0.2, -0.15) is 0 Å².